The minimum atomic E-state index is -2.65. The van der Waals surface area contributed by atoms with Gasteiger partial charge in [-0.2, -0.15) is 0 Å². The molecule has 0 heterocycles. The topological polar surface area (TPSA) is 26.0 Å². The highest BCUT2D eigenvalue weighted by atomic mass is 79.9. The van der Waals surface area contributed by atoms with Gasteiger partial charge in [0.25, 0.3) is 6.43 Å². The zero-order valence-electron chi connectivity index (χ0n) is 5.82. The van der Waals surface area contributed by atoms with E-state index in [0.29, 0.717) is 0 Å². The van der Waals surface area contributed by atoms with Gasteiger partial charge in [-0.25, -0.2) is 13.2 Å². The van der Waals surface area contributed by atoms with Crippen LogP contribution in [0.1, 0.15) is 12.0 Å². The van der Waals surface area contributed by atoms with Crippen molar-refractivity contribution in [1.29, 1.82) is 0 Å². The second-order valence-corrected chi connectivity index (χ2v) is 3.05. The number of hydrogen-bond acceptors (Lipinski definition) is 1. The van der Waals surface area contributed by atoms with Crippen molar-refractivity contribution in [2.75, 3.05) is 5.73 Å². The lowest BCUT2D eigenvalue weighted by atomic mass is 10.2. The first-order valence-corrected chi connectivity index (χ1v) is 3.84. The molecule has 0 saturated heterocycles. The van der Waals surface area contributed by atoms with Crippen LogP contribution in [0.15, 0.2) is 16.6 Å². The van der Waals surface area contributed by atoms with E-state index in [1.807, 2.05) is 0 Å². The Morgan fingerprint density at radius 1 is 1.33 bits per heavy atom. The van der Waals surface area contributed by atoms with Gasteiger partial charge in [0.1, 0.15) is 5.82 Å². The Bertz CT molecular complexity index is 301. The van der Waals surface area contributed by atoms with E-state index in [1.165, 1.54) is 0 Å². The predicted molar refractivity (Wildman–Crippen MR) is 43.5 cm³/mol. The zero-order chi connectivity index (χ0) is 9.30. The third kappa shape index (κ3) is 1.72. The number of nitrogen functional groups attached to an aromatic ring is 1. The van der Waals surface area contributed by atoms with Gasteiger partial charge in [-0.05, 0) is 12.1 Å². The van der Waals surface area contributed by atoms with Crippen LogP contribution >= 0.6 is 15.9 Å². The summed E-state index contributed by atoms with van der Waals surface area (Å²) in [6.07, 6.45) is -2.65. The summed E-state index contributed by atoms with van der Waals surface area (Å²) in [6.45, 7) is 0. The standard InChI is InChI=1S/C7H5BrF3N/c8-4-2-5(9)6(12)1-3(4)7(10)11/h1-2,7H,12H2. The zero-order valence-corrected chi connectivity index (χ0v) is 7.41. The Kier molecular flexibility index (Phi) is 2.62. The van der Waals surface area contributed by atoms with Gasteiger partial charge in [-0.3, -0.25) is 0 Å². The monoisotopic (exact) mass is 239 g/mol. The van der Waals surface area contributed by atoms with E-state index in [2.05, 4.69) is 15.9 Å². The molecule has 0 aliphatic heterocycles. The Balaban J connectivity index is 3.23. The molecule has 0 fully saturated rings. The maximum absolute atomic E-state index is 12.6. The van der Waals surface area contributed by atoms with E-state index >= 15 is 0 Å². The lowest BCUT2D eigenvalue weighted by Gasteiger charge is -2.04. The smallest absolute Gasteiger partial charge is 0.265 e. The second kappa shape index (κ2) is 3.35. The molecule has 0 bridgehead atoms. The number of hydrogen-bond donors (Lipinski definition) is 1. The van der Waals surface area contributed by atoms with Gasteiger partial charge in [-0.1, -0.05) is 15.9 Å². The molecule has 0 aliphatic carbocycles. The Morgan fingerprint density at radius 3 is 2.42 bits per heavy atom. The molecule has 0 spiro atoms. The van der Waals surface area contributed by atoms with Gasteiger partial charge in [0, 0.05) is 10.0 Å². The average molecular weight is 240 g/mol. The summed E-state index contributed by atoms with van der Waals surface area (Å²) >= 11 is 2.81. The summed E-state index contributed by atoms with van der Waals surface area (Å²) in [4.78, 5) is 0. The van der Waals surface area contributed by atoms with Crippen molar-refractivity contribution < 1.29 is 13.2 Å². The van der Waals surface area contributed by atoms with Crippen molar-refractivity contribution in [3.8, 4) is 0 Å². The molecule has 0 amide bonds. The first kappa shape index (κ1) is 9.38. The normalized spacial score (nSPS) is 10.8. The van der Waals surface area contributed by atoms with Crippen molar-refractivity contribution in [1.82, 2.24) is 0 Å². The molecule has 0 atom stereocenters. The molecular formula is C7H5BrF3N. The number of benzene rings is 1. The van der Waals surface area contributed by atoms with Crippen LogP contribution in [0.3, 0.4) is 0 Å². The molecule has 0 unspecified atom stereocenters. The fraction of sp³-hybridized carbons (Fsp3) is 0.143. The highest BCUT2D eigenvalue weighted by Gasteiger charge is 2.13. The van der Waals surface area contributed by atoms with Gasteiger partial charge < -0.3 is 5.73 Å². The minimum absolute atomic E-state index is 0.0317. The van der Waals surface area contributed by atoms with Crippen LogP contribution in [0.2, 0.25) is 0 Å². The number of nitrogens with two attached hydrogens (primary N) is 1. The van der Waals surface area contributed by atoms with Crippen molar-refractivity contribution >= 4 is 21.6 Å². The van der Waals surface area contributed by atoms with Crippen molar-refractivity contribution in [2.45, 2.75) is 6.43 Å². The van der Waals surface area contributed by atoms with Crippen LogP contribution in [-0.4, -0.2) is 0 Å². The third-order valence-electron chi connectivity index (χ3n) is 1.35. The lowest BCUT2D eigenvalue weighted by molar-refractivity contribution is 0.150. The Hall–Kier alpha value is -0.710. The summed E-state index contributed by atoms with van der Waals surface area (Å²) in [7, 11) is 0. The largest absolute Gasteiger partial charge is 0.396 e. The molecule has 1 aromatic carbocycles. The molecule has 1 rings (SSSR count). The Morgan fingerprint density at radius 2 is 1.92 bits per heavy atom. The molecule has 5 heteroatoms. The number of halogens is 4. The van der Waals surface area contributed by atoms with Gasteiger partial charge in [0.15, 0.2) is 0 Å². The minimum Gasteiger partial charge on any atom is -0.396 e. The van der Waals surface area contributed by atoms with Crippen LogP contribution in [0, 0.1) is 5.82 Å². The van der Waals surface area contributed by atoms with Crippen LogP contribution in [0.25, 0.3) is 0 Å². The van der Waals surface area contributed by atoms with Crippen LogP contribution in [0.5, 0.6) is 0 Å². The molecule has 0 aliphatic rings. The summed E-state index contributed by atoms with van der Waals surface area (Å²) in [5.74, 6) is -0.703. The van der Waals surface area contributed by atoms with Crippen LogP contribution in [0.4, 0.5) is 18.9 Å². The van der Waals surface area contributed by atoms with E-state index in [-0.39, 0.29) is 15.7 Å². The SMILES string of the molecule is Nc1cc(C(F)F)c(Br)cc1F. The first-order chi connectivity index (χ1) is 5.52. The molecule has 1 nitrogen and oxygen atoms in total. The van der Waals surface area contributed by atoms with Crippen molar-refractivity contribution in [3.05, 3.63) is 28.0 Å². The fourth-order valence-electron chi connectivity index (χ4n) is 0.751. The van der Waals surface area contributed by atoms with Gasteiger partial charge in [-0.15, -0.1) is 0 Å². The summed E-state index contributed by atoms with van der Waals surface area (Å²) < 4.78 is 36.9. The third-order valence-corrected chi connectivity index (χ3v) is 2.04. The predicted octanol–water partition coefficient (Wildman–Crippen LogP) is 3.11. The van der Waals surface area contributed by atoms with Crippen molar-refractivity contribution in [2.24, 2.45) is 0 Å². The highest BCUT2D eigenvalue weighted by molar-refractivity contribution is 9.10. The van der Waals surface area contributed by atoms with E-state index in [4.69, 9.17) is 5.73 Å². The van der Waals surface area contributed by atoms with E-state index < -0.39 is 12.2 Å². The fourth-order valence-corrected chi connectivity index (χ4v) is 1.24. The van der Waals surface area contributed by atoms with Crippen LogP contribution < -0.4 is 5.73 Å². The molecule has 66 valence electrons. The van der Waals surface area contributed by atoms with E-state index in [0.717, 1.165) is 12.1 Å². The van der Waals surface area contributed by atoms with Crippen molar-refractivity contribution in [3.63, 3.8) is 0 Å². The number of anilines is 1. The maximum Gasteiger partial charge on any atom is 0.265 e. The van der Waals surface area contributed by atoms with E-state index in [9.17, 15) is 13.2 Å². The van der Waals surface area contributed by atoms with Crippen LogP contribution in [-0.2, 0) is 0 Å². The Labute approximate surface area is 75.5 Å². The lowest BCUT2D eigenvalue weighted by Crippen LogP contribution is -1.95. The molecule has 12 heavy (non-hydrogen) atoms. The van der Waals surface area contributed by atoms with Gasteiger partial charge in [0.05, 0.1) is 5.69 Å². The highest BCUT2D eigenvalue weighted by Crippen LogP contribution is 2.30. The van der Waals surface area contributed by atoms with Gasteiger partial charge in [0.2, 0.25) is 0 Å². The summed E-state index contributed by atoms with van der Waals surface area (Å²) in [5, 5.41) is 0. The molecule has 1 aromatic rings. The number of rotatable bonds is 1. The quantitative estimate of drug-likeness (QED) is 0.750. The molecule has 0 saturated carbocycles. The number of alkyl halides is 2. The first-order valence-electron chi connectivity index (χ1n) is 3.05. The molecule has 2 N–H and O–H groups in total. The second-order valence-electron chi connectivity index (χ2n) is 2.20. The van der Waals surface area contributed by atoms with Gasteiger partial charge >= 0.3 is 0 Å². The maximum atomic E-state index is 12.6. The summed E-state index contributed by atoms with van der Waals surface area (Å²) in [5.41, 5.74) is 4.53. The average Bonchev–Trinajstić information content (AvgIpc) is 1.96. The summed E-state index contributed by atoms with van der Waals surface area (Å²) in [6, 6.07) is 1.85. The van der Waals surface area contributed by atoms with E-state index in [1.54, 1.807) is 0 Å². The molecule has 0 radical (unpaired) electrons. The molecular weight excluding hydrogens is 235 g/mol. The molecule has 0 aromatic heterocycles.